The molecule has 4 nitrogen and oxygen atoms in total. The Morgan fingerprint density at radius 1 is 1.45 bits per heavy atom. The van der Waals surface area contributed by atoms with Crippen LogP contribution in [0, 0.1) is 5.92 Å². The van der Waals surface area contributed by atoms with Gasteiger partial charge in [-0.25, -0.2) is 9.98 Å². The minimum absolute atomic E-state index is 0.00139. The van der Waals surface area contributed by atoms with E-state index in [4.69, 9.17) is 5.11 Å². The van der Waals surface area contributed by atoms with Crippen LogP contribution in [-0.2, 0) is 0 Å². The molecule has 62 valence electrons. The van der Waals surface area contributed by atoms with E-state index in [1.165, 1.54) is 0 Å². The van der Waals surface area contributed by atoms with Gasteiger partial charge in [0.1, 0.15) is 12.6 Å². The van der Waals surface area contributed by atoms with E-state index < -0.39 is 0 Å². The zero-order chi connectivity index (χ0) is 8.43. The van der Waals surface area contributed by atoms with Crippen LogP contribution >= 0.6 is 0 Å². The van der Waals surface area contributed by atoms with Crippen molar-refractivity contribution >= 4 is 11.8 Å². The Morgan fingerprint density at radius 2 is 2.09 bits per heavy atom. The van der Waals surface area contributed by atoms with Crippen molar-refractivity contribution in [1.82, 2.24) is 0 Å². The van der Waals surface area contributed by atoms with Crippen molar-refractivity contribution in [2.75, 3.05) is 6.54 Å². The molecule has 0 aromatic rings. The molecule has 0 radical (unpaired) electrons. The van der Waals surface area contributed by atoms with Crippen LogP contribution in [0.2, 0.25) is 0 Å². The van der Waals surface area contributed by atoms with E-state index in [-0.39, 0.29) is 30.3 Å². The first-order valence-electron chi connectivity index (χ1n) is 3.60. The van der Waals surface area contributed by atoms with Crippen LogP contribution in [0.5, 0.6) is 0 Å². The van der Waals surface area contributed by atoms with Gasteiger partial charge in [0.2, 0.25) is 11.8 Å². The fourth-order valence-corrected chi connectivity index (χ4v) is 0.952. The van der Waals surface area contributed by atoms with Gasteiger partial charge in [-0.2, -0.15) is 0 Å². The normalized spacial score (nSPS) is 24.8. The maximum atomic E-state index is 9.19. The highest BCUT2D eigenvalue weighted by Crippen LogP contribution is 2.10. The summed E-state index contributed by atoms with van der Waals surface area (Å²) in [6, 6.07) is -0.358. The van der Waals surface area contributed by atoms with Crippen LogP contribution in [0.3, 0.4) is 0 Å². The molecule has 2 N–H and O–H groups in total. The Morgan fingerprint density at radius 3 is 2.55 bits per heavy atom. The molecular formula is C7H12N2O2. The van der Waals surface area contributed by atoms with E-state index in [0.717, 1.165) is 0 Å². The second-order valence-corrected chi connectivity index (χ2v) is 2.91. The number of aliphatic hydroxyl groups is 2. The summed E-state index contributed by atoms with van der Waals surface area (Å²) >= 11 is 0. The van der Waals surface area contributed by atoms with E-state index in [1.54, 1.807) is 0 Å². The first-order valence-corrected chi connectivity index (χ1v) is 3.60. The number of aliphatic hydroxyl groups excluding tert-OH is 2. The molecule has 1 aliphatic rings. The molecule has 0 saturated heterocycles. The molecule has 0 fully saturated rings. The summed E-state index contributed by atoms with van der Waals surface area (Å²) in [4.78, 5) is 7.56. The molecule has 0 aliphatic carbocycles. The second-order valence-electron chi connectivity index (χ2n) is 2.91. The summed E-state index contributed by atoms with van der Waals surface area (Å²) < 4.78 is 0. The van der Waals surface area contributed by atoms with E-state index in [0.29, 0.717) is 0 Å². The van der Waals surface area contributed by atoms with Crippen molar-refractivity contribution in [1.29, 1.82) is 0 Å². The third kappa shape index (κ3) is 1.69. The molecule has 1 atom stereocenters. The topological polar surface area (TPSA) is 65.2 Å². The lowest BCUT2D eigenvalue weighted by Gasteiger charge is -2.17. The number of aliphatic imine (C=N–C) groups is 2. The molecule has 0 amide bonds. The molecule has 0 spiro atoms. The maximum absolute atomic E-state index is 9.19. The van der Waals surface area contributed by atoms with Crippen molar-refractivity contribution in [3.8, 4) is 0 Å². The third-order valence-corrected chi connectivity index (χ3v) is 1.57. The van der Waals surface area contributed by atoms with Gasteiger partial charge >= 0.3 is 0 Å². The lowest BCUT2D eigenvalue weighted by molar-refractivity contribution is 0.441. The fourth-order valence-electron chi connectivity index (χ4n) is 0.952. The number of hydrogen-bond acceptors (Lipinski definition) is 2. The standard InChI is InChI=1S/C7H12N2O2/c1-4(2)6-7(11)8-3-5(10)9-6/h4,6H,3H2,1-2H3,(H,8,11)(H,9,10)/t6-/m0/s1. The largest absolute Gasteiger partial charge is 0.495 e. The number of rotatable bonds is 1. The summed E-state index contributed by atoms with van der Waals surface area (Å²) in [5, 5.41) is 18.2. The van der Waals surface area contributed by atoms with E-state index >= 15 is 0 Å². The Bertz CT molecular complexity index is 208. The maximum Gasteiger partial charge on any atom is 0.207 e. The highest BCUT2D eigenvalue weighted by atomic mass is 16.3. The van der Waals surface area contributed by atoms with Crippen LogP contribution in [0.1, 0.15) is 13.8 Å². The van der Waals surface area contributed by atoms with Crippen molar-refractivity contribution in [3.63, 3.8) is 0 Å². The molecule has 0 saturated carbocycles. The first-order chi connectivity index (χ1) is 5.11. The van der Waals surface area contributed by atoms with Crippen molar-refractivity contribution in [2.24, 2.45) is 15.9 Å². The summed E-state index contributed by atoms with van der Waals surface area (Å²) in [7, 11) is 0. The Kier molecular flexibility index (Phi) is 2.12. The zero-order valence-electron chi connectivity index (χ0n) is 6.65. The van der Waals surface area contributed by atoms with Gasteiger partial charge in [-0.05, 0) is 5.92 Å². The van der Waals surface area contributed by atoms with Gasteiger partial charge in [-0.15, -0.1) is 0 Å². The molecule has 0 bridgehead atoms. The summed E-state index contributed by atoms with van der Waals surface area (Å²) in [5.74, 6) is 0.195. The average molecular weight is 156 g/mol. The van der Waals surface area contributed by atoms with Gasteiger partial charge in [0.15, 0.2) is 0 Å². The molecule has 0 unspecified atom stereocenters. The Labute approximate surface area is 65.3 Å². The molecular weight excluding hydrogens is 144 g/mol. The minimum atomic E-state index is -0.358. The van der Waals surface area contributed by atoms with E-state index in [1.807, 2.05) is 13.8 Å². The van der Waals surface area contributed by atoms with Crippen LogP contribution in [-0.4, -0.2) is 34.6 Å². The van der Waals surface area contributed by atoms with Crippen LogP contribution < -0.4 is 0 Å². The molecule has 11 heavy (non-hydrogen) atoms. The number of nitrogens with zero attached hydrogens (tertiary/aromatic N) is 2. The van der Waals surface area contributed by atoms with Gasteiger partial charge in [0.05, 0.1) is 0 Å². The average Bonchev–Trinajstić information content (AvgIpc) is 1.94. The summed E-state index contributed by atoms with van der Waals surface area (Å²) in [5.41, 5.74) is 0. The third-order valence-electron chi connectivity index (χ3n) is 1.57. The van der Waals surface area contributed by atoms with Crippen LogP contribution in [0.4, 0.5) is 0 Å². The molecule has 1 rings (SSSR count). The van der Waals surface area contributed by atoms with Gasteiger partial charge < -0.3 is 10.2 Å². The zero-order valence-corrected chi connectivity index (χ0v) is 6.65. The molecule has 4 heteroatoms. The van der Waals surface area contributed by atoms with Crippen molar-refractivity contribution in [2.45, 2.75) is 19.9 Å². The minimum Gasteiger partial charge on any atom is -0.495 e. The number of hydrogen-bond donors (Lipinski definition) is 2. The molecule has 1 heterocycles. The predicted molar refractivity (Wildman–Crippen MR) is 43.6 cm³/mol. The summed E-state index contributed by atoms with van der Waals surface area (Å²) in [6.07, 6.45) is 0. The second kappa shape index (κ2) is 2.90. The molecule has 0 aromatic carbocycles. The quantitative estimate of drug-likeness (QED) is 0.593. The first kappa shape index (κ1) is 8.04. The Balaban J connectivity index is 2.76. The van der Waals surface area contributed by atoms with Gasteiger partial charge in [0.25, 0.3) is 0 Å². The van der Waals surface area contributed by atoms with Crippen LogP contribution in [0.25, 0.3) is 0 Å². The predicted octanol–water partition coefficient (Wildman–Crippen LogP) is 0.938. The smallest absolute Gasteiger partial charge is 0.207 e. The molecule has 1 aliphatic heterocycles. The van der Waals surface area contributed by atoms with Gasteiger partial charge in [-0.3, -0.25) is 0 Å². The van der Waals surface area contributed by atoms with Crippen molar-refractivity contribution < 1.29 is 10.2 Å². The van der Waals surface area contributed by atoms with E-state index in [9.17, 15) is 5.11 Å². The van der Waals surface area contributed by atoms with E-state index in [2.05, 4.69) is 9.98 Å². The lowest BCUT2D eigenvalue weighted by atomic mass is 10.0. The highest BCUT2D eigenvalue weighted by Gasteiger charge is 2.22. The molecule has 0 aromatic heterocycles. The SMILES string of the molecule is CC(C)[C@@H]1N=C(O)CN=C1O. The van der Waals surface area contributed by atoms with Gasteiger partial charge in [0, 0.05) is 0 Å². The highest BCUT2D eigenvalue weighted by molar-refractivity contribution is 5.90. The van der Waals surface area contributed by atoms with Crippen molar-refractivity contribution in [3.05, 3.63) is 0 Å². The van der Waals surface area contributed by atoms with Gasteiger partial charge in [-0.1, -0.05) is 13.8 Å². The Hall–Kier alpha value is -1.06. The van der Waals surface area contributed by atoms with Crippen LogP contribution in [0.15, 0.2) is 9.98 Å². The fraction of sp³-hybridized carbons (Fsp3) is 0.714. The summed E-state index contributed by atoms with van der Waals surface area (Å²) in [6.45, 7) is 3.94. The lowest BCUT2D eigenvalue weighted by Crippen LogP contribution is -2.30. The monoisotopic (exact) mass is 156 g/mol.